The number of likely N-dealkylation sites (tertiary alicyclic amines) is 1. The van der Waals surface area contributed by atoms with Crippen LogP contribution in [0.15, 0.2) is 54.5 Å². The lowest BCUT2D eigenvalue weighted by Crippen LogP contribution is -2.50. The number of aromatic nitrogens is 2. The molecule has 3 aromatic rings. The smallest absolute Gasteiger partial charge is 0.250 e. The number of hydrogen-bond donors (Lipinski definition) is 1. The van der Waals surface area contributed by atoms with E-state index in [0.717, 1.165) is 35.5 Å². The fourth-order valence-corrected chi connectivity index (χ4v) is 5.37. The SMILES string of the molecule is COc1cc(/C=C2\CCCN([C@H]3CCN(O)[C@H]3Cc3ccc(F)c(F)c3)C2=O)ccc1-n1cnc(C)c1. The molecule has 2 fully saturated rings. The van der Waals surface area contributed by atoms with Crippen LogP contribution in [0, 0.1) is 18.6 Å². The minimum Gasteiger partial charge on any atom is -0.495 e. The van der Waals surface area contributed by atoms with E-state index in [0.29, 0.717) is 49.2 Å². The topological polar surface area (TPSA) is 70.8 Å². The molecule has 0 bridgehead atoms. The van der Waals surface area contributed by atoms with Gasteiger partial charge in [-0.05, 0) is 74.1 Å². The second-order valence-electron chi connectivity index (χ2n) is 9.66. The monoisotopic (exact) mass is 508 g/mol. The van der Waals surface area contributed by atoms with Crippen LogP contribution < -0.4 is 4.74 Å². The molecule has 2 atom stereocenters. The van der Waals surface area contributed by atoms with Crippen molar-refractivity contribution in [1.29, 1.82) is 0 Å². The summed E-state index contributed by atoms with van der Waals surface area (Å²) in [5, 5.41) is 11.8. The third-order valence-corrected chi connectivity index (χ3v) is 7.23. The van der Waals surface area contributed by atoms with Gasteiger partial charge in [0.15, 0.2) is 11.6 Å². The zero-order valence-electron chi connectivity index (χ0n) is 20.9. The summed E-state index contributed by atoms with van der Waals surface area (Å²) in [6, 6.07) is 8.94. The highest BCUT2D eigenvalue weighted by Crippen LogP contribution is 2.31. The molecule has 2 aromatic carbocycles. The molecule has 194 valence electrons. The number of carbonyl (C=O) groups excluding carboxylic acids is 1. The fourth-order valence-electron chi connectivity index (χ4n) is 5.37. The van der Waals surface area contributed by atoms with Crippen molar-refractivity contribution in [2.24, 2.45) is 0 Å². The molecule has 7 nitrogen and oxygen atoms in total. The first-order valence-corrected chi connectivity index (χ1v) is 12.4. The lowest BCUT2D eigenvalue weighted by molar-refractivity contribution is -0.136. The summed E-state index contributed by atoms with van der Waals surface area (Å²) in [4.78, 5) is 19.7. The Morgan fingerprint density at radius 3 is 2.73 bits per heavy atom. The van der Waals surface area contributed by atoms with Gasteiger partial charge >= 0.3 is 0 Å². The first-order valence-electron chi connectivity index (χ1n) is 12.4. The van der Waals surface area contributed by atoms with E-state index >= 15 is 0 Å². The van der Waals surface area contributed by atoms with Crippen molar-refractivity contribution >= 4 is 12.0 Å². The number of methoxy groups -OCH3 is 1. The van der Waals surface area contributed by atoms with Crippen LogP contribution in [-0.4, -0.2) is 62.9 Å². The molecule has 1 N–H and O–H groups in total. The van der Waals surface area contributed by atoms with Crippen LogP contribution in [0.4, 0.5) is 8.78 Å². The number of rotatable bonds is 6. The van der Waals surface area contributed by atoms with Gasteiger partial charge in [-0.1, -0.05) is 12.1 Å². The van der Waals surface area contributed by atoms with Gasteiger partial charge in [-0.15, -0.1) is 0 Å². The van der Waals surface area contributed by atoms with Crippen LogP contribution in [0.5, 0.6) is 5.75 Å². The van der Waals surface area contributed by atoms with E-state index in [2.05, 4.69) is 4.98 Å². The van der Waals surface area contributed by atoms with Crippen LogP contribution in [0.25, 0.3) is 11.8 Å². The Hall–Kier alpha value is -3.56. The number of piperidine rings is 1. The maximum atomic E-state index is 13.8. The standard InChI is InChI=1S/C28H30F2N4O3/c1-18-16-32(17-31-18)25-8-6-19(15-27(25)37-2)12-21-4-3-10-33(28(21)35)24-9-11-34(36)26(24)14-20-5-7-22(29)23(30)13-20/h5-8,12-13,15-17,24,26,36H,3-4,9-11,14H2,1-2H3/b21-12+/t24-,26-/m0/s1. The summed E-state index contributed by atoms with van der Waals surface area (Å²) < 4.78 is 34.6. The van der Waals surface area contributed by atoms with Gasteiger partial charge in [0.1, 0.15) is 5.75 Å². The van der Waals surface area contributed by atoms with Gasteiger partial charge < -0.3 is 19.4 Å². The lowest BCUT2D eigenvalue weighted by atomic mass is 9.94. The molecular weight excluding hydrogens is 478 g/mol. The maximum Gasteiger partial charge on any atom is 0.250 e. The Balaban J connectivity index is 1.37. The zero-order chi connectivity index (χ0) is 26.1. The summed E-state index contributed by atoms with van der Waals surface area (Å²) in [7, 11) is 1.61. The van der Waals surface area contributed by atoms with E-state index in [1.54, 1.807) is 13.4 Å². The molecule has 3 heterocycles. The zero-order valence-corrected chi connectivity index (χ0v) is 20.9. The van der Waals surface area contributed by atoms with Crippen molar-refractivity contribution in [2.45, 2.75) is 44.7 Å². The van der Waals surface area contributed by atoms with Crippen molar-refractivity contribution in [3.8, 4) is 11.4 Å². The van der Waals surface area contributed by atoms with Crippen molar-refractivity contribution in [3.63, 3.8) is 0 Å². The molecule has 0 spiro atoms. The Labute approximate surface area is 214 Å². The minimum absolute atomic E-state index is 0.0601. The number of ether oxygens (including phenoxy) is 1. The summed E-state index contributed by atoms with van der Waals surface area (Å²) in [6.07, 6.45) is 7.93. The van der Waals surface area contributed by atoms with E-state index in [1.165, 1.54) is 11.1 Å². The molecule has 9 heteroatoms. The fraction of sp³-hybridized carbons (Fsp3) is 0.357. The summed E-state index contributed by atoms with van der Waals surface area (Å²) in [5.74, 6) is -1.21. The predicted octanol–water partition coefficient (Wildman–Crippen LogP) is 4.55. The average molecular weight is 509 g/mol. The maximum absolute atomic E-state index is 13.8. The third kappa shape index (κ3) is 5.14. The van der Waals surface area contributed by atoms with Crippen LogP contribution in [0.1, 0.15) is 36.1 Å². The Kier molecular flexibility index (Phi) is 7.08. The number of benzene rings is 2. The number of carbonyl (C=O) groups is 1. The normalized spacial score (nSPS) is 21.7. The third-order valence-electron chi connectivity index (χ3n) is 7.23. The summed E-state index contributed by atoms with van der Waals surface area (Å²) in [5.41, 5.74) is 3.89. The number of nitrogens with zero attached hydrogens (tertiary/aromatic N) is 4. The van der Waals surface area contributed by atoms with Crippen molar-refractivity contribution in [3.05, 3.63) is 83.0 Å². The van der Waals surface area contributed by atoms with Gasteiger partial charge in [0.05, 0.1) is 36.9 Å². The average Bonchev–Trinajstić information content (AvgIpc) is 3.48. The van der Waals surface area contributed by atoms with E-state index in [9.17, 15) is 18.8 Å². The number of imidazole rings is 1. The molecule has 1 aromatic heterocycles. The first kappa shape index (κ1) is 25.1. The number of amides is 1. The molecular formula is C28H30F2N4O3. The van der Waals surface area contributed by atoms with E-state index in [4.69, 9.17) is 4.74 Å². The number of halogens is 2. The van der Waals surface area contributed by atoms with E-state index in [1.807, 2.05) is 46.9 Å². The van der Waals surface area contributed by atoms with Gasteiger partial charge in [0.2, 0.25) is 5.91 Å². The first-order chi connectivity index (χ1) is 17.8. The second kappa shape index (κ2) is 10.4. The molecule has 2 aliphatic heterocycles. The van der Waals surface area contributed by atoms with Crippen molar-refractivity contribution in [1.82, 2.24) is 19.5 Å². The molecule has 0 saturated carbocycles. The highest BCUT2D eigenvalue weighted by atomic mass is 19.2. The quantitative estimate of drug-likeness (QED) is 0.495. The Morgan fingerprint density at radius 2 is 2.00 bits per heavy atom. The van der Waals surface area contributed by atoms with Crippen molar-refractivity contribution in [2.75, 3.05) is 20.2 Å². The highest BCUT2D eigenvalue weighted by Gasteiger charge is 2.41. The van der Waals surface area contributed by atoms with Crippen LogP contribution >= 0.6 is 0 Å². The van der Waals surface area contributed by atoms with Gasteiger partial charge in [-0.3, -0.25) is 4.79 Å². The Morgan fingerprint density at radius 1 is 1.16 bits per heavy atom. The van der Waals surface area contributed by atoms with Gasteiger partial charge in [0.25, 0.3) is 0 Å². The molecule has 2 aliphatic rings. The molecule has 0 unspecified atom stereocenters. The summed E-state index contributed by atoms with van der Waals surface area (Å²) in [6.45, 7) is 2.92. The molecule has 37 heavy (non-hydrogen) atoms. The minimum atomic E-state index is -0.916. The Bertz CT molecular complexity index is 1340. The molecule has 5 rings (SSSR count). The van der Waals surface area contributed by atoms with Crippen LogP contribution in [0.3, 0.4) is 0 Å². The van der Waals surface area contributed by atoms with Gasteiger partial charge in [-0.2, -0.15) is 5.06 Å². The summed E-state index contributed by atoms with van der Waals surface area (Å²) >= 11 is 0. The molecule has 1 amide bonds. The molecule has 2 saturated heterocycles. The lowest BCUT2D eigenvalue weighted by Gasteiger charge is -2.37. The molecule has 0 aliphatic carbocycles. The van der Waals surface area contributed by atoms with Gasteiger partial charge in [-0.25, -0.2) is 13.8 Å². The van der Waals surface area contributed by atoms with Crippen LogP contribution in [0.2, 0.25) is 0 Å². The highest BCUT2D eigenvalue weighted by molar-refractivity contribution is 5.98. The van der Waals surface area contributed by atoms with E-state index in [-0.39, 0.29) is 11.9 Å². The number of hydrogen-bond acceptors (Lipinski definition) is 5. The largest absolute Gasteiger partial charge is 0.495 e. The van der Waals surface area contributed by atoms with E-state index < -0.39 is 17.7 Å². The number of hydroxylamine groups is 2. The predicted molar refractivity (Wildman–Crippen MR) is 135 cm³/mol. The number of aryl methyl sites for hydroxylation is 1. The second-order valence-corrected chi connectivity index (χ2v) is 9.66. The van der Waals surface area contributed by atoms with Gasteiger partial charge in [0, 0.05) is 24.9 Å². The molecule has 0 radical (unpaired) electrons. The van der Waals surface area contributed by atoms with Crippen molar-refractivity contribution < 1.29 is 23.5 Å². The van der Waals surface area contributed by atoms with Crippen LogP contribution in [-0.2, 0) is 11.2 Å².